The standard InChI is InChI=1S/C14H16FN3O/c1-9-17-7-6-12(18-9)11(16)8-10-4-3-5-13(19-2)14(10)15/h3-7,11H,8,16H2,1-2H3. The lowest BCUT2D eigenvalue weighted by Crippen LogP contribution is -2.16. The van der Waals surface area contributed by atoms with Gasteiger partial charge in [0.15, 0.2) is 11.6 Å². The second-order valence-electron chi connectivity index (χ2n) is 4.27. The zero-order valence-electron chi connectivity index (χ0n) is 10.9. The first-order valence-electron chi connectivity index (χ1n) is 5.98. The molecule has 2 aromatic rings. The number of methoxy groups -OCH3 is 1. The molecule has 1 atom stereocenters. The van der Waals surface area contributed by atoms with Crippen molar-refractivity contribution in [3.8, 4) is 5.75 Å². The van der Waals surface area contributed by atoms with Crippen molar-refractivity contribution in [3.63, 3.8) is 0 Å². The maximum atomic E-state index is 14.0. The number of hydrogen-bond acceptors (Lipinski definition) is 4. The minimum Gasteiger partial charge on any atom is -0.494 e. The number of benzene rings is 1. The number of halogens is 1. The Balaban J connectivity index is 2.21. The summed E-state index contributed by atoms with van der Waals surface area (Å²) in [6.07, 6.45) is 2.01. The van der Waals surface area contributed by atoms with Crippen molar-refractivity contribution in [2.75, 3.05) is 7.11 Å². The third-order valence-corrected chi connectivity index (χ3v) is 2.88. The Morgan fingerprint density at radius 2 is 2.16 bits per heavy atom. The minimum atomic E-state index is -0.372. The van der Waals surface area contributed by atoms with Crippen LogP contribution < -0.4 is 10.5 Å². The lowest BCUT2D eigenvalue weighted by atomic mass is 10.0. The highest BCUT2D eigenvalue weighted by Crippen LogP contribution is 2.23. The Morgan fingerprint density at radius 3 is 2.84 bits per heavy atom. The highest BCUT2D eigenvalue weighted by Gasteiger charge is 2.14. The van der Waals surface area contributed by atoms with E-state index >= 15 is 0 Å². The SMILES string of the molecule is COc1cccc(CC(N)c2ccnc(C)n2)c1F. The van der Waals surface area contributed by atoms with Crippen LogP contribution in [-0.4, -0.2) is 17.1 Å². The molecule has 4 nitrogen and oxygen atoms in total. The van der Waals surface area contributed by atoms with Gasteiger partial charge in [-0.2, -0.15) is 0 Å². The predicted molar refractivity (Wildman–Crippen MR) is 70.4 cm³/mol. The van der Waals surface area contributed by atoms with Crippen LogP contribution in [0.5, 0.6) is 5.75 Å². The zero-order chi connectivity index (χ0) is 13.8. The summed E-state index contributed by atoms with van der Waals surface area (Å²) in [7, 11) is 1.44. The lowest BCUT2D eigenvalue weighted by Gasteiger charge is -2.13. The van der Waals surface area contributed by atoms with Gasteiger partial charge in [0.05, 0.1) is 18.8 Å². The first kappa shape index (κ1) is 13.4. The first-order valence-corrected chi connectivity index (χ1v) is 5.98. The Bertz CT molecular complexity index is 574. The number of aryl methyl sites for hydroxylation is 1. The molecule has 0 aliphatic heterocycles. The molecule has 0 aliphatic carbocycles. The quantitative estimate of drug-likeness (QED) is 0.916. The van der Waals surface area contributed by atoms with E-state index in [4.69, 9.17) is 10.5 Å². The molecule has 1 unspecified atom stereocenters. The summed E-state index contributed by atoms with van der Waals surface area (Å²) >= 11 is 0. The van der Waals surface area contributed by atoms with Gasteiger partial charge in [-0.1, -0.05) is 12.1 Å². The number of nitrogens with zero attached hydrogens (tertiary/aromatic N) is 2. The van der Waals surface area contributed by atoms with Crippen LogP contribution >= 0.6 is 0 Å². The van der Waals surface area contributed by atoms with Crippen molar-refractivity contribution in [1.82, 2.24) is 9.97 Å². The molecule has 0 bridgehead atoms. The van der Waals surface area contributed by atoms with Gasteiger partial charge in [-0.05, 0) is 31.0 Å². The van der Waals surface area contributed by atoms with E-state index in [2.05, 4.69) is 9.97 Å². The number of hydrogen-bond donors (Lipinski definition) is 1. The van der Waals surface area contributed by atoms with Crippen LogP contribution in [0.1, 0.15) is 23.1 Å². The van der Waals surface area contributed by atoms with Gasteiger partial charge in [0.25, 0.3) is 0 Å². The fourth-order valence-corrected chi connectivity index (χ4v) is 1.89. The van der Waals surface area contributed by atoms with Crippen molar-refractivity contribution in [1.29, 1.82) is 0 Å². The molecule has 1 aromatic carbocycles. The summed E-state index contributed by atoms with van der Waals surface area (Å²) in [5.41, 5.74) is 7.28. The smallest absolute Gasteiger partial charge is 0.168 e. The maximum absolute atomic E-state index is 14.0. The van der Waals surface area contributed by atoms with E-state index in [1.54, 1.807) is 37.4 Å². The van der Waals surface area contributed by atoms with Gasteiger partial charge in [-0.15, -0.1) is 0 Å². The molecule has 0 radical (unpaired) electrons. The van der Waals surface area contributed by atoms with Crippen LogP contribution in [0.25, 0.3) is 0 Å². The molecule has 1 heterocycles. The van der Waals surface area contributed by atoms with Gasteiger partial charge in [0.2, 0.25) is 0 Å². The average Bonchev–Trinajstić information content (AvgIpc) is 2.41. The van der Waals surface area contributed by atoms with Crippen LogP contribution in [0.2, 0.25) is 0 Å². The second kappa shape index (κ2) is 5.75. The fraction of sp³-hybridized carbons (Fsp3) is 0.286. The van der Waals surface area contributed by atoms with Gasteiger partial charge < -0.3 is 10.5 Å². The van der Waals surface area contributed by atoms with Crippen LogP contribution in [0.4, 0.5) is 4.39 Å². The average molecular weight is 261 g/mol. The second-order valence-corrected chi connectivity index (χ2v) is 4.27. The summed E-state index contributed by atoms with van der Waals surface area (Å²) in [4.78, 5) is 8.27. The van der Waals surface area contributed by atoms with Gasteiger partial charge in [-0.25, -0.2) is 14.4 Å². The summed E-state index contributed by atoms with van der Waals surface area (Å²) in [6.45, 7) is 1.79. The van der Waals surface area contributed by atoms with Gasteiger partial charge in [0, 0.05) is 6.20 Å². The van der Waals surface area contributed by atoms with E-state index in [1.165, 1.54) is 7.11 Å². The highest BCUT2D eigenvalue weighted by atomic mass is 19.1. The van der Waals surface area contributed by atoms with Gasteiger partial charge in [-0.3, -0.25) is 0 Å². The van der Waals surface area contributed by atoms with E-state index in [-0.39, 0.29) is 17.6 Å². The van der Waals surface area contributed by atoms with Crippen molar-refractivity contribution >= 4 is 0 Å². The Labute approximate surface area is 111 Å². The van der Waals surface area contributed by atoms with Crippen LogP contribution in [0.3, 0.4) is 0 Å². The Kier molecular flexibility index (Phi) is 4.06. The summed E-state index contributed by atoms with van der Waals surface area (Å²) in [5, 5.41) is 0. The Morgan fingerprint density at radius 1 is 1.37 bits per heavy atom. The lowest BCUT2D eigenvalue weighted by molar-refractivity contribution is 0.383. The molecule has 2 rings (SSSR count). The number of rotatable bonds is 4. The summed E-state index contributed by atoms with van der Waals surface area (Å²) in [5.74, 6) is 0.508. The highest BCUT2D eigenvalue weighted by molar-refractivity contribution is 5.32. The largest absolute Gasteiger partial charge is 0.494 e. The molecular weight excluding hydrogens is 245 g/mol. The van der Waals surface area contributed by atoms with Crippen LogP contribution in [-0.2, 0) is 6.42 Å². The zero-order valence-corrected chi connectivity index (χ0v) is 10.9. The normalized spacial score (nSPS) is 12.2. The third-order valence-electron chi connectivity index (χ3n) is 2.88. The monoisotopic (exact) mass is 261 g/mol. The Hall–Kier alpha value is -2.01. The first-order chi connectivity index (χ1) is 9.11. The molecule has 0 spiro atoms. The molecule has 0 amide bonds. The molecular formula is C14H16FN3O. The minimum absolute atomic E-state index is 0.226. The van der Waals surface area contributed by atoms with Gasteiger partial charge in [0.1, 0.15) is 5.82 Å². The fourth-order valence-electron chi connectivity index (χ4n) is 1.89. The van der Waals surface area contributed by atoms with E-state index in [9.17, 15) is 4.39 Å². The van der Waals surface area contributed by atoms with Crippen molar-refractivity contribution in [3.05, 3.63) is 53.4 Å². The molecule has 19 heavy (non-hydrogen) atoms. The summed E-state index contributed by atoms with van der Waals surface area (Å²) < 4.78 is 19.0. The maximum Gasteiger partial charge on any atom is 0.168 e. The molecule has 0 saturated carbocycles. The summed E-state index contributed by atoms with van der Waals surface area (Å²) in [6, 6.07) is 6.40. The molecule has 0 aliphatic rings. The van der Waals surface area contributed by atoms with Crippen molar-refractivity contribution < 1.29 is 9.13 Å². The molecule has 0 fully saturated rings. The molecule has 5 heteroatoms. The van der Waals surface area contributed by atoms with E-state index in [0.29, 0.717) is 23.5 Å². The third kappa shape index (κ3) is 3.06. The predicted octanol–water partition coefficient (Wildman–Crippen LogP) is 2.18. The van der Waals surface area contributed by atoms with Crippen molar-refractivity contribution in [2.24, 2.45) is 5.73 Å². The van der Waals surface area contributed by atoms with E-state index < -0.39 is 0 Å². The van der Waals surface area contributed by atoms with Crippen LogP contribution in [0, 0.1) is 12.7 Å². The number of aromatic nitrogens is 2. The molecule has 1 aromatic heterocycles. The van der Waals surface area contributed by atoms with Crippen molar-refractivity contribution in [2.45, 2.75) is 19.4 Å². The molecule has 2 N–H and O–H groups in total. The number of ether oxygens (including phenoxy) is 1. The molecule has 100 valence electrons. The van der Waals surface area contributed by atoms with E-state index in [1.807, 2.05) is 0 Å². The van der Waals surface area contributed by atoms with Gasteiger partial charge >= 0.3 is 0 Å². The molecule has 0 saturated heterocycles. The van der Waals surface area contributed by atoms with Crippen LogP contribution in [0.15, 0.2) is 30.5 Å². The van der Waals surface area contributed by atoms with E-state index in [0.717, 1.165) is 0 Å². The topological polar surface area (TPSA) is 61.0 Å². The number of nitrogens with two attached hydrogens (primary N) is 1.